The van der Waals surface area contributed by atoms with Gasteiger partial charge in [0.2, 0.25) is 5.91 Å². The molecule has 0 spiro atoms. The highest BCUT2D eigenvalue weighted by Gasteiger charge is 2.27. The van der Waals surface area contributed by atoms with E-state index in [9.17, 15) is 9.18 Å². The Morgan fingerprint density at radius 1 is 1.32 bits per heavy atom. The summed E-state index contributed by atoms with van der Waals surface area (Å²) in [6.45, 7) is 4.43. The summed E-state index contributed by atoms with van der Waals surface area (Å²) in [5.41, 5.74) is 5.50. The van der Waals surface area contributed by atoms with E-state index >= 15 is 0 Å². The van der Waals surface area contributed by atoms with Crippen LogP contribution >= 0.6 is 0 Å². The van der Waals surface area contributed by atoms with Crippen LogP contribution in [0.5, 0.6) is 0 Å². The molecule has 1 aromatic heterocycles. The maximum absolute atomic E-state index is 13.8. The fourth-order valence-electron chi connectivity index (χ4n) is 4.35. The average molecular weight is 422 g/mol. The van der Waals surface area contributed by atoms with E-state index in [0.29, 0.717) is 6.54 Å². The summed E-state index contributed by atoms with van der Waals surface area (Å²) in [5.74, 6) is -0.171. The number of oxime groups is 1. The fraction of sp³-hybridized carbons (Fsp3) is 0.360. The highest BCUT2D eigenvalue weighted by Crippen LogP contribution is 2.33. The molecule has 1 unspecified atom stereocenters. The van der Waals surface area contributed by atoms with Crippen molar-refractivity contribution >= 4 is 23.0 Å². The van der Waals surface area contributed by atoms with Crippen molar-refractivity contribution in [1.82, 2.24) is 9.88 Å². The second kappa shape index (κ2) is 8.92. The molecule has 1 atom stereocenters. The number of amides is 1. The molecule has 0 saturated heterocycles. The van der Waals surface area contributed by atoms with Gasteiger partial charge in [0, 0.05) is 35.1 Å². The van der Waals surface area contributed by atoms with Crippen molar-refractivity contribution < 1.29 is 14.0 Å². The van der Waals surface area contributed by atoms with Gasteiger partial charge in [0.25, 0.3) is 0 Å². The number of aromatic nitrogens is 1. The van der Waals surface area contributed by atoms with Crippen molar-refractivity contribution in [1.29, 1.82) is 0 Å². The molecule has 1 amide bonds. The maximum Gasteiger partial charge on any atom is 0.222 e. The fourth-order valence-corrected chi connectivity index (χ4v) is 4.35. The summed E-state index contributed by atoms with van der Waals surface area (Å²) in [6, 6.07) is 13.1. The van der Waals surface area contributed by atoms with Crippen LogP contribution in [0.15, 0.2) is 47.6 Å². The van der Waals surface area contributed by atoms with Crippen molar-refractivity contribution in [3.05, 3.63) is 70.7 Å². The van der Waals surface area contributed by atoms with Crippen LogP contribution in [0.4, 0.5) is 4.39 Å². The van der Waals surface area contributed by atoms with Crippen LogP contribution in [0.3, 0.4) is 0 Å². The van der Waals surface area contributed by atoms with Crippen LogP contribution in [0.1, 0.15) is 42.7 Å². The summed E-state index contributed by atoms with van der Waals surface area (Å²) in [5, 5.41) is 8.23. The molecule has 0 radical (unpaired) electrons. The van der Waals surface area contributed by atoms with Gasteiger partial charge in [-0.05, 0) is 60.2 Å². The summed E-state index contributed by atoms with van der Waals surface area (Å²) in [7, 11) is 1.52. The van der Waals surface area contributed by atoms with E-state index in [-0.39, 0.29) is 23.7 Å². The quantitative estimate of drug-likeness (QED) is 0.473. The molecule has 0 saturated carbocycles. The lowest BCUT2D eigenvalue weighted by molar-refractivity contribution is -0.124. The van der Waals surface area contributed by atoms with Crippen molar-refractivity contribution in [2.75, 3.05) is 7.11 Å². The molecule has 1 aliphatic carbocycles. The number of hydrogen-bond donors (Lipinski definition) is 1. The largest absolute Gasteiger partial charge is 0.399 e. The van der Waals surface area contributed by atoms with Crippen molar-refractivity contribution in [3.63, 3.8) is 0 Å². The second-order valence-corrected chi connectivity index (χ2v) is 8.44. The SMILES string of the molecule is CON=Cc1ccc2c(c1)c1c(n2Cc2cccc(F)c2)CCC(NC(=O)C(C)C)C1. The van der Waals surface area contributed by atoms with Crippen LogP contribution in [0.2, 0.25) is 0 Å². The lowest BCUT2D eigenvalue weighted by atomic mass is 9.90. The zero-order valence-corrected chi connectivity index (χ0v) is 18.2. The third-order valence-electron chi connectivity index (χ3n) is 5.90. The maximum atomic E-state index is 13.8. The highest BCUT2D eigenvalue weighted by atomic mass is 19.1. The molecule has 2 aromatic carbocycles. The Labute approximate surface area is 181 Å². The standard InChI is InChI=1S/C25H28FN3O2/c1-16(2)25(30)28-20-8-10-24-22(13-20)21-12-17(14-27-31-3)7-9-23(21)29(24)15-18-5-4-6-19(26)11-18/h4-7,9,11-12,14,16,20H,8,10,13,15H2,1-3H3,(H,28,30). The van der Waals surface area contributed by atoms with E-state index in [2.05, 4.69) is 27.2 Å². The first-order chi connectivity index (χ1) is 15.0. The summed E-state index contributed by atoms with van der Waals surface area (Å²) in [6.07, 6.45) is 4.23. The third-order valence-corrected chi connectivity index (χ3v) is 5.90. The predicted molar refractivity (Wildman–Crippen MR) is 121 cm³/mol. The Bertz CT molecular complexity index is 1130. The number of carbonyl (C=O) groups excluding carboxylic acids is 1. The molecule has 1 heterocycles. The van der Waals surface area contributed by atoms with Gasteiger partial charge in [-0.1, -0.05) is 37.2 Å². The predicted octanol–water partition coefficient (Wildman–Crippen LogP) is 4.44. The van der Waals surface area contributed by atoms with Gasteiger partial charge < -0.3 is 14.7 Å². The Hall–Kier alpha value is -3.15. The van der Waals surface area contributed by atoms with Crippen LogP contribution in [0.25, 0.3) is 10.9 Å². The molecule has 162 valence electrons. The van der Waals surface area contributed by atoms with Crippen LogP contribution < -0.4 is 5.32 Å². The summed E-state index contributed by atoms with van der Waals surface area (Å²) in [4.78, 5) is 17.1. The van der Waals surface area contributed by atoms with Gasteiger partial charge in [0.1, 0.15) is 12.9 Å². The molecule has 5 nitrogen and oxygen atoms in total. The van der Waals surface area contributed by atoms with E-state index in [4.69, 9.17) is 4.84 Å². The van der Waals surface area contributed by atoms with Crippen LogP contribution in [-0.4, -0.2) is 29.8 Å². The highest BCUT2D eigenvalue weighted by molar-refractivity contribution is 5.92. The van der Waals surface area contributed by atoms with Gasteiger partial charge in [0.05, 0.1) is 6.21 Å². The minimum absolute atomic E-state index is 0.0347. The molecule has 6 heteroatoms. The van der Waals surface area contributed by atoms with E-state index in [0.717, 1.165) is 41.3 Å². The Morgan fingerprint density at radius 3 is 2.90 bits per heavy atom. The van der Waals surface area contributed by atoms with Crippen LogP contribution in [0, 0.1) is 11.7 Å². The van der Waals surface area contributed by atoms with Crippen LogP contribution in [-0.2, 0) is 29.0 Å². The van der Waals surface area contributed by atoms with Gasteiger partial charge in [-0.25, -0.2) is 4.39 Å². The van der Waals surface area contributed by atoms with E-state index in [1.165, 1.54) is 24.4 Å². The monoisotopic (exact) mass is 421 g/mol. The summed E-state index contributed by atoms with van der Waals surface area (Å²) < 4.78 is 16.1. The van der Waals surface area contributed by atoms with Crippen molar-refractivity contribution in [2.45, 2.75) is 45.7 Å². The Kier molecular flexibility index (Phi) is 6.07. The molecule has 31 heavy (non-hydrogen) atoms. The Morgan fingerprint density at radius 2 is 2.16 bits per heavy atom. The zero-order chi connectivity index (χ0) is 22.0. The molecule has 0 aliphatic heterocycles. The zero-order valence-electron chi connectivity index (χ0n) is 18.2. The van der Waals surface area contributed by atoms with E-state index < -0.39 is 0 Å². The number of halogens is 1. The van der Waals surface area contributed by atoms with Gasteiger partial charge >= 0.3 is 0 Å². The molecule has 1 N–H and O–H groups in total. The molecular weight excluding hydrogens is 393 g/mol. The lowest BCUT2D eigenvalue weighted by Gasteiger charge is -2.26. The molecule has 3 aromatic rings. The number of carbonyl (C=O) groups is 1. The number of nitrogens with one attached hydrogen (secondary N) is 1. The molecule has 1 aliphatic rings. The number of fused-ring (bicyclic) bond motifs is 3. The molecule has 4 rings (SSSR count). The van der Waals surface area contributed by atoms with E-state index in [1.807, 2.05) is 26.0 Å². The van der Waals surface area contributed by atoms with Crippen molar-refractivity contribution in [3.8, 4) is 0 Å². The van der Waals surface area contributed by atoms with Gasteiger partial charge in [-0.2, -0.15) is 0 Å². The topological polar surface area (TPSA) is 55.6 Å². The number of hydrogen-bond acceptors (Lipinski definition) is 3. The Balaban J connectivity index is 1.76. The van der Waals surface area contributed by atoms with E-state index in [1.54, 1.807) is 18.3 Å². The normalized spacial score (nSPS) is 16.1. The van der Waals surface area contributed by atoms with Crippen molar-refractivity contribution in [2.24, 2.45) is 11.1 Å². The molecular formula is C25H28FN3O2. The number of benzene rings is 2. The third kappa shape index (κ3) is 4.48. The minimum Gasteiger partial charge on any atom is -0.399 e. The smallest absolute Gasteiger partial charge is 0.222 e. The summed E-state index contributed by atoms with van der Waals surface area (Å²) >= 11 is 0. The number of rotatable bonds is 6. The first kappa shape index (κ1) is 21.1. The first-order valence-corrected chi connectivity index (χ1v) is 10.7. The van der Waals surface area contributed by atoms with Gasteiger partial charge in [0.15, 0.2) is 0 Å². The number of nitrogens with zero attached hydrogens (tertiary/aromatic N) is 2. The molecule has 0 bridgehead atoms. The molecule has 0 fully saturated rings. The second-order valence-electron chi connectivity index (χ2n) is 8.44. The first-order valence-electron chi connectivity index (χ1n) is 10.7. The van der Waals surface area contributed by atoms with Gasteiger partial charge in [-0.3, -0.25) is 4.79 Å². The minimum atomic E-state index is -0.225. The average Bonchev–Trinajstić information content (AvgIpc) is 3.04. The lowest BCUT2D eigenvalue weighted by Crippen LogP contribution is -2.41. The van der Waals surface area contributed by atoms with Gasteiger partial charge in [-0.15, -0.1) is 0 Å².